The molecular weight excluding hydrogens is 248 g/mol. The molecule has 0 saturated carbocycles. The van der Waals surface area contributed by atoms with Gasteiger partial charge in [-0.25, -0.2) is 0 Å². The summed E-state index contributed by atoms with van der Waals surface area (Å²) in [5.41, 5.74) is 2.38. The summed E-state index contributed by atoms with van der Waals surface area (Å²) in [4.78, 5) is 0. The number of hydrogen-bond donors (Lipinski definition) is 0. The van der Waals surface area contributed by atoms with Crippen LogP contribution in [0.1, 0.15) is 12.0 Å². The van der Waals surface area contributed by atoms with Crippen LogP contribution in [0.5, 0.6) is 0 Å². The molecule has 0 N–H and O–H groups in total. The Morgan fingerprint density at radius 2 is 1.70 bits per heavy atom. The summed E-state index contributed by atoms with van der Waals surface area (Å²) in [6.45, 7) is 8.27. The van der Waals surface area contributed by atoms with Gasteiger partial charge in [-0.3, -0.25) is 0 Å². The Kier molecular flexibility index (Phi) is 5.10. The number of benzene rings is 1. The molecule has 0 aromatic heterocycles. The minimum Gasteiger partial charge on any atom is -0.342 e. The molecule has 0 atom stereocenters. The molecule has 20 heavy (non-hydrogen) atoms. The van der Waals surface area contributed by atoms with Gasteiger partial charge in [-0.15, -0.1) is 13.2 Å². The molecule has 0 fully saturated rings. The van der Waals surface area contributed by atoms with Gasteiger partial charge < -0.3 is 9.47 Å². The Labute approximate surface area is 120 Å². The maximum atomic E-state index is 5.79. The van der Waals surface area contributed by atoms with Crippen molar-refractivity contribution in [2.24, 2.45) is 0 Å². The van der Waals surface area contributed by atoms with Crippen LogP contribution in [0.4, 0.5) is 0 Å². The van der Waals surface area contributed by atoms with Gasteiger partial charge in [0, 0.05) is 6.42 Å². The third kappa shape index (κ3) is 3.56. The van der Waals surface area contributed by atoms with E-state index in [4.69, 9.17) is 9.47 Å². The van der Waals surface area contributed by atoms with Crippen molar-refractivity contribution in [1.82, 2.24) is 0 Å². The number of ether oxygens (including phenoxy) is 2. The van der Waals surface area contributed by atoms with Crippen molar-refractivity contribution in [2.75, 3.05) is 13.2 Å². The molecule has 2 heteroatoms. The van der Waals surface area contributed by atoms with Gasteiger partial charge in [-0.2, -0.15) is 0 Å². The van der Waals surface area contributed by atoms with Crippen LogP contribution in [0.15, 0.2) is 73.9 Å². The molecule has 0 aliphatic heterocycles. The molecule has 104 valence electrons. The second-order valence-electron chi connectivity index (χ2n) is 4.57. The lowest BCUT2D eigenvalue weighted by Gasteiger charge is -2.31. The van der Waals surface area contributed by atoms with Crippen LogP contribution in [-0.2, 0) is 9.47 Å². The zero-order valence-electron chi connectivity index (χ0n) is 11.6. The van der Waals surface area contributed by atoms with Gasteiger partial charge in [-0.1, -0.05) is 54.6 Å². The molecule has 0 heterocycles. The quantitative estimate of drug-likeness (QED) is 0.547. The fourth-order valence-electron chi connectivity index (χ4n) is 2.11. The van der Waals surface area contributed by atoms with Crippen LogP contribution in [0, 0.1) is 0 Å². The molecule has 1 aromatic carbocycles. The van der Waals surface area contributed by atoms with Crippen LogP contribution in [0.3, 0.4) is 0 Å². The molecule has 2 nitrogen and oxygen atoms in total. The van der Waals surface area contributed by atoms with Crippen LogP contribution in [0.2, 0.25) is 0 Å². The summed E-state index contributed by atoms with van der Waals surface area (Å²) in [6, 6.07) is 10.3. The van der Waals surface area contributed by atoms with E-state index in [2.05, 4.69) is 31.4 Å². The normalized spacial score (nSPS) is 16.5. The van der Waals surface area contributed by atoms with Crippen molar-refractivity contribution in [1.29, 1.82) is 0 Å². The Morgan fingerprint density at radius 3 is 2.20 bits per heavy atom. The van der Waals surface area contributed by atoms with E-state index in [1.165, 1.54) is 11.1 Å². The minimum absolute atomic E-state index is 0.454. The maximum absolute atomic E-state index is 5.79. The second kappa shape index (κ2) is 7.04. The van der Waals surface area contributed by atoms with Crippen molar-refractivity contribution in [2.45, 2.75) is 12.2 Å². The lowest BCUT2D eigenvalue weighted by Crippen LogP contribution is -2.35. The summed E-state index contributed by atoms with van der Waals surface area (Å²) >= 11 is 0. The Morgan fingerprint density at radius 1 is 1.05 bits per heavy atom. The van der Waals surface area contributed by atoms with Crippen molar-refractivity contribution in [3.05, 3.63) is 79.4 Å². The highest BCUT2D eigenvalue weighted by Crippen LogP contribution is 2.30. The van der Waals surface area contributed by atoms with E-state index in [1.54, 1.807) is 12.2 Å². The number of hydrogen-bond acceptors (Lipinski definition) is 2. The third-order valence-corrected chi connectivity index (χ3v) is 3.12. The standard InChI is InChI=1S/C18H20O2/c1-3-14-19-18(20-15-4-2)12-10-17(11-13-18)16-8-6-5-7-9-16/h3-12H,1-2,13-15H2. The predicted octanol–water partition coefficient (Wildman–Crippen LogP) is 4.13. The largest absolute Gasteiger partial charge is 0.342 e. The molecule has 1 aliphatic rings. The molecule has 0 saturated heterocycles. The molecule has 1 aromatic rings. The molecule has 0 amide bonds. The lowest BCUT2D eigenvalue weighted by atomic mass is 9.96. The number of rotatable bonds is 7. The van der Waals surface area contributed by atoms with Gasteiger partial charge in [0.15, 0.2) is 5.79 Å². The zero-order chi connectivity index (χ0) is 14.3. The van der Waals surface area contributed by atoms with Crippen LogP contribution >= 0.6 is 0 Å². The fraction of sp³-hybridized carbons (Fsp3) is 0.222. The second-order valence-corrected chi connectivity index (χ2v) is 4.57. The van der Waals surface area contributed by atoms with Crippen LogP contribution in [-0.4, -0.2) is 19.0 Å². The van der Waals surface area contributed by atoms with E-state index in [0.717, 1.165) is 0 Å². The van der Waals surface area contributed by atoms with Gasteiger partial charge in [0.05, 0.1) is 13.2 Å². The zero-order valence-corrected chi connectivity index (χ0v) is 11.6. The lowest BCUT2D eigenvalue weighted by molar-refractivity contribution is -0.189. The minimum atomic E-state index is -0.708. The monoisotopic (exact) mass is 268 g/mol. The maximum Gasteiger partial charge on any atom is 0.192 e. The SMILES string of the molecule is C=CCOC1(OCC=C)C=CC(c2ccccc2)=CC1. The summed E-state index contributed by atoms with van der Waals surface area (Å²) in [6.07, 6.45) is 10.3. The van der Waals surface area contributed by atoms with E-state index < -0.39 is 5.79 Å². The molecule has 0 radical (unpaired) electrons. The highest BCUT2D eigenvalue weighted by molar-refractivity contribution is 5.75. The summed E-state index contributed by atoms with van der Waals surface area (Å²) < 4.78 is 11.6. The van der Waals surface area contributed by atoms with E-state index >= 15 is 0 Å². The summed E-state index contributed by atoms with van der Waals surface area (Å²) in [7, 11) is 0. The highest BCUT2D eigenvalue weighted by atomic mass is 16.7. The first-order chi connectivity index (χ1) is 9.79. The molecule has 1 aliphatic carbocycles. The van der Waals surface area contributed by atoms with Gasteiger partial charge in [0.25, 0.3) is 0 Å². The third-order valence-electron chi connectivity index (χ3n) is 3.12. The highest BCUT2D eigenvalue weighted by Gasteiger charge is 2.29. The molecular formula is C18H20O2. The summed E-state index contributed by atoms with van der Waals surface area (Å²) in [5.74, 6) is -0.708. The number of allylic oxidation sites excluding steroid dienone is 2. The first kappa shape index (κ1) is 14.5. The Hall–Kier alpha value is -1.90. The molecule has 2 rings (SSSR count). The van der Waals surface area contributed by atoms with Crippen molar-refractivity contribution in [3.8, 4) is 0 Å². The summed E-state index contributed by atoms with van der Waals surface area (Å²) in [5, 5.41) is 0. The smallest absolute Gasteiger partial charge is 0.192 e. The average Bonchev–Trinajstić information content (AvgIpc) is 2.53. The van der Waals surface area contributed by atoms with E-state index in [1.807, 2.05) is 30.4 Å². The van der Waals surface area contributed by atoms with Gasteiger partial charge in [-0.05, 0) is 17.2 Å². The topological polar surface area (TPSA) is 18.5 Å². The molecule has 0 unspecified atom stereocenters. The first-order valence-corrected chi connectivity index (χ1v) is 6.74. The fourth-order valence-corrected chi connectivity index (χ4v) is 2.11. The van der Waals surface area contributed by atoms with E-state index in [0.29, 0.717) is 19.6 Å². The van der Waals surface area contributed by atoms with Crippen LogP contribution < -0.4 is 0 Å². The Balaban J connectivity index is 2.12. The van der Waals surface area contributed by atoms with Gasteiger partial charge in [0.1, 0.15) is 0 Å². The van der Waals surface area contributed by atoms with Gasteiger partial charge in [0.2, 0.25) is 0 Å². The van der Waals surface area contributed by atoms with E-state index in [-0.39, 0.29) is 0 Å². The van der Waals surface area contributed by atoms with Gasteiger partial charge >= 0.3 is 0 Å². The van der Waals surface area contributed by atoms with E-state index in [9.17, 15) is 0 Å². The van der Waals surface area contributed by atoms with Crippen LogP contribution in [0.25, 0.3) is 5.57 Å². The first-order valence-electron chi connectivity index (χ1n) is 6.74. The van der Waals surface area contributed by atoms with Crippen molar-refractivity contribution in [3.63, 3.8) is 0 Å². The molecule has 0 bridgehead atoms. The Bertz CT molecular complexity index is 499. The van der Waals surface area contributed by atoms with Crippen molar-refractivity contribution < 1.29 is 9.47 Å². The molecule has 0 spiro atoms. The predicted molar refractivity (Wildman–Crippen MR) is 83.2 cm³/mol. The van der Waals surface area contributed by atoms with Crippen molar-refractivity contribution >= 4 is 5.57 Å². The average molecular weight is 268 g/mol.